The maximum absolute atomic E-state index is 12.6. The Bertz CT molecular complexity index is 1100. The summed E-state index contributed by atoms with van der Waals surface area (Å²) in [5.74, 6) is -0.0263. The van der Waals surface area contributed by atoms with Crippen molar-refractivity contribution in [2.45, 2.75) is 19.0 Å². The van der Waals surface area contributed by atoms with Gasteiger partial charge >= 0.3 is 6.18 Å². The van der Waals surface area contributed by atoms with E-state index in [4.69, 9.17) is 17.0 Å². The number of amides is 1. The van der Waals surface area contributed by atoms with Crippen LogP contribution >= 0.6 is 12.2 Å². The highest BCUT2D eigenvalue weighted by atomic mass is 32.1. The molecule has 3 rings (SSSR count). The fourth-order valence-electron chi connectivity index (χ4n) is 2.92. The number of halogens is 3. The Labute approximate surface area is 182 Å². The van der Waals surface area contributed by atoms with Gasteiger partial charge in [-0.2, -0.15) is 13.2 Å². The lowest BCUT2D eigenvalue weighted by Gasteiger charge is -2.16. The first-order chi connectivity index (χ1) is 14.7. The zero-order valence-electron chi connectivity index (χ0n) is 16.7. The molecule has 0 spiro atoms. The van der Waals surface area contributed by atoms with Crippen molar-refractivity contribution in [1.29, 1.82) is 0 Å². The Morgan fingerprint density at radius 2 is 1.61 bits per heavy atom. The van der Waals surface area contributed by atoms with E-state index in [0.29, 0.717) is 5.69 Å². The van der Waals surface area contributed by atoms with E-state index < -0.39 is 17.7 Å². The maximum atomic E-state index is 12.6. The molecule has 9 heteroatoms. The predicted molar refractivity (Wildman–Crippen MR) is 118 cm³/mol. The number of hydrogen-bond acceptors (Lipinski definition) is 3. The van der Waals surface area contributed by atoms with Crippen LogP contribution in [0.5, 0.6) is 5.75 Å². The van der Waals surface area contributed by atoms with Crippen LogP contribution in [0.4, 0.5) is 18.9 Å². The lowest BCUT2D eigenvalue weighted by atomic mass is 9.97. The number of alkyl halides is 3. The molecule has 3 aromatic carbocycles. The number of anilines is 1. The average molecular weight is 447 g/mol. The molecule has 31 heavy (non-hydrogen) atoms. The molecule has 3 N–H and O–H groups in total. The largest absolute Gasteiger partial charge is 0.497 e. The summed E-state index contributed by atoms with van der Waals surface area (Å²) in [4.78, 5) is 12.5. The molecule has 1 atom stereocenters. The average Bonchev–Trinajstić information content (AvgIpc) is 2.76. The second kappa shape index (κ2) is 9.22. The van der Waals surface area contributed by atoms with E-state index in [2.05, 4.69) is 16.2 Å². The summed E-state index contributed by atoms with van der Waals surface area (Å²) in [7, 11) is 1.60. The van der Waals surface area contributed by atoms with E-state index in [1.54, 1.807) is 14.0 Å². The van der Waals surface area contributed by atoms with Crippen molar-refractivity contribution < 1.29 is 22.7 Å². The van der Waals surface area contributed by atoms with Gasteiger partial charge < -0.3 is 10.1 Å². The summed E-state index contributed by atoms with van der Waals surface area (Å²) in [6.45, 7) is 1.76. The summed E-state index contributed by atoms with van der Waals surface area (Å²) in [6.07, 6.45) is -4.41. The van der Waals surface area contributed by atoms with Gasteiger partial charge in [0.2, 0.25) is 5.91 Å². The van der Waals surface area contributed by atoms with Crippen LogP contribution in [-0.2, 0) is 11.0 Å². The Balaban J connectivity index is 1.57. The molecule has 162 valence electrons. The zero-order valence-corrected chi connectivity index (χ0v) is 17.5. The van der Waals surface area contributed by atoms with Gasteiger partial charge in [-0.1, -0.05) is 24.3 Å². The molecule has 0 aromatic heterocycles. The fourth-order valence-corrected chi connectivity index (χ4v) is 3.09. The molecule has 0 aliphatic carbocycles. The van der Waals surface area contributed by atoms with Crippen molar-refractivity contribution >= 4 is 39.7 Å². The van der Waals surface area contributed by atoms with Gasteiger partial charge in [0.05, 0.1) is 18.6 Å². The molecule has 0 aliphatic rings. The standard InChI is InChI=1S/C22H20F3N3O2S/c1-13(14-3-4-16-12-19(30-2)10-5-15(16)11-14)20(29)27-28-21(31)26-18-8-6-17(7-9-18)22(23,24)25/h3-13H,1-2H3,(H,27,29)(H2,26,28,31)/t13-/m0/s1. The van der Waals surface area contributed by atoms with E-state index in [9.17, 15) is 18.0 Å². The van der Waals surface area contributed by atoms with E-state index in [1.165, 1.54) is 12.1 Å². The number of methoxy groups -OCH3 is 1. The lowest BCUT2D eigenvalue weighted by Crippen LogP contribution is -2.45. The lowest BCUT2D eigenvalue weighted by molar-refractivity contribution is -0.137. The van der Waals surface area contributed by atoms with Gasteiger partial charge in [-0.05, 0) is 71.9 Å². The Morgan fingerprint density at radius 3 is 2.26 bits per heavy atom. The summed E-state index contributed by atoms with van der Waals surface area (Å²) in [5.41, 5.74) is 5.49. The summed E-state index contributed by atoms with van der Waals surface area (Å²) in [5, 5.41) is 4.74. The van der Waals surface area contributed by atoms with Crippen molar-refractivity contribution in [3.05, 3.63) is 71.8 Å². The van der Waals surface area contributed by atoms with Crippen molar-refractivity contribution in [2.75, 3.05) is 12.4 Å². The number of fused-ring (bicyclic) bond motifs is 1. The highest BCUT2D eigenvalue weighted by Gasteiger charge is 2.29. The number of carbonyl (C=O) groups is 1. The van der Waals surface area contributed by atoms with Gasteiger partial charge in [-0.15, -0.1) is 0 Å². The number of nitrogens with one attached hydrogen (secondary N) is 3. The monoisotopic (exact) mass is 447 g/mol. The highest BCUT2D eigenvalue weighted by molar-refractivity contribution is 7.80. The molecule has 3 aromatic rings. The smallest absolute Gasteiger partial charge is 0.416 e. The van der Waals surface area contributed by atoms with Gasteiger partial charge in [0.15, 0.2) is 5.11 Å². The van der Waals surface area contributed by atoms with Gasteiger partial charge in [0.25, 0.3) is 0 Å². The number of thiocarbonyl (C=S) groups is 1. The first-order valence-corrected chi connectivity index (χ1v) is 9.70. The summed E-state index contributed by atoms with van der Waals surface area (Å²) >= 11 is 5.08. The third-order valence-corrected chi connectivity index (χ3v) is 4.94. The van der Waals surface area contributed by atoms with E-state index >= 15 is 0 Å². The number of benzene rings is 3. The number of rotatable bonds is 4. The molecule has 0 saturated carbocycles. The molecule has 0 heterocycles. The minimum atomic E-state index is -4.41. The molecule has 0 radical (unpaired) electrons. The first kappa shape index (κ1) is 22.4. The zero-order chi connectivity index (χ0) is 22.6. The normalized spacial score (nSPS) is 12.2. The Hall–Kier alpha value is -3.33. The second-order valence-electron chi connectivity index (χ2n) is 6.84. The molecule has 5 nitrogen and oxygen atoms in total. The fraction of sp³-hybridized carbons (Fsp3) is 0.182. The van der Waals surface area contributed by atoms with Crippen LogP contribution in [0.15, 0.2) is 60.7 Å². The van der Waals surface area contributed by atoms with Crippen molar-refractivity contribution in [1.82, 2.24) is 10.9 Å². The van der Waals surface area contributed by atoms with Crippen LogP contribution < -0.4 is 20.9 Å². The maximum Gasteiger partial charge on any atom is 0.416 e. The number of carbonyl (C=O) groups excluding carboxylic acids is 1. The molecule has 0 unspecified atom stereocenters. The third kappa shape index (κ3) is 5.64. The molecular formula is C22H20F3N3O2S. The topological polar surface area (TPSA) is 62.4 Å². The predicted octanol–water partition coefficient (Wildman–Crippen LogP) is 4.99. The number of ether oxygens (including phenoxy) is 1. The van der Waals surface area contributed by atoms with Crippen LogP contribution in [0.2, 0.25) is 0 Å². The molecule has 1 amide bonds. The Morgan fingerprint density at radius 1 is 0.968 bits per heavy atom. The molecule has 0 aliphatic heterocycles. The Kier molecular flexibility index (Phi) is 6.65. The molecule has 0 saturated heterocycles. The SMILES string of the molecule is COc1ccc2cc([C@H](C)C(=O)NNC(=S)Nc3ccc(C(F)(F)F)cc3)ccc2c1. The van der Waals surface area contributed by atoms with Crippen molar-refractivity contribution in [2.24, 2.45) is 0 Å². The van der Waals surface area contributed by atoms with Crippen LogP contribution in [0.1, 0.15) is 24.0 Å². The number of hydrazine groups is 1. The second-order valence-corrected chi connectivity index (χ2v) is 7.25. The van der Waals surface area contributed by atoms with E-state index in [0.717, 1.165) is 34.2 Å². The third-order valence-electron chi connectivity index (χ3n) is 4.73. The van der Waals surface area contributed by atoms with Gasteiger partial charge in [-0.25, -0.2) is 0 Å². The first-order valence-electron chi connectivity index (χ1n) is 9.29. The van der Waals surface area contributed by atoms with Gasteiger partial charge in [0.1, 0.15) is 5.75 Å². The van der Waals surface area contributed by atoms with Crippen LogP contribution in [0, 0.1) is 0 Å². The van der Waals surface area contributed by atoms with E-state index in [1.807, 2.05) is 36.4 Å². The minimum absolute atomic E-state index is 0.0471. The summed E-state index contributed by atoms with van der Waals surface area (Å²) < 4.78 is 43.1. The van der Waals surface area contributed by atoms with Gasteiger partial charge in [0, 0.05) is 5.69 Å². The number of hydrogen-bond donors (Lipinski definition) is 3. The highest BCUT2D eigenvalue weighted by Crippen LogP contribution is 2.30. The van der Waals surface area contributed by atoms with Gasteiger partial charge in [-0.3, -0.25) is 15.6 Å². The molecule has 0 fully saturated rings. The van der Waals surface area contributed by atoms with Crippen molar-refractivity contribution in [3.63, 3.8) is 0 Å². The quantitative estimate of drug-likeness (QED) is 0.389. The molecule has 0 bridgehead atoms. The summed E-state index contributed by atoms with van der Waals surface area (Å²) in [6, 6.07) is 15.8. The van der Waals surface area contributed by atoms with Crippen LogP contribution in [0.25, 0.3) is 10.8 Å². The van der Waals surface area contributed by atoms with E-state index in [-0.39, 0.29) is 11.0 Å². The van der Waals surface area contributed by atoms with Crippen molar-refractivity contribution in [3.8, 4) is 5.75 Å². The van der Waals surface area contributed by atoms with Crippen LogP contribution in [0.3, 0.4) is 0 Å². The van der Waals surface area contributed by atoms with Crippen LogP contribution in [-0.4, -0.2) is 18.1 Å². The molecular weight excluding hydrogens is 427 g/mol. The minimum Gasteiger partial charge on any atom is -0.497 e.